The molecule has 158 valence electrons. The van der Waals surface area contributed by atoms with Crippen LogP contribution in [-0.2, 0) is 24.1 Å². The summed E-state index contributed by atoms with van der Waals surface area (Å²) in [5.74, 6) is 0.681. The molecule has 0 saturated heterocycles. The first kappa shape index (κ1) is 21.6. The van der Waals surface area contributed by atoms with Crippen LogP contribution in [0.15, 0.2) is 48.8 Å². The molecule has 3 rings (SSSR count). The van der Waals surface area contributed by atoms with Crippen molar-refractivity contribution in [3.63, 3.8) is 0 Å². The molecule has 6 nitrogen and oxygen atoms in total. The number of aromatic amines is 1. The zero-order valence-electron chi connectivity index (χ0n) is 17.9. The van der Waals surface area contributed by atoms with Gasteiger partial charge in [-0.3, -0.25) is 4.79 Å². The summed E-state index contributed by atoms with van der Waals surface area (Å²) in [6.07, 6.45) is 7.53. The van der Waals surface area contributed by atoms with Crippen molar-refractivity contribution in [3.05, 3.63) is 65.9 Å². The Morgan fingerprint density at radius 2 is 1.90 bits per heavy atom. The van der Waals surface area contributed by atoms with Gasteiger partial charge in [-0.1, -0.05) is 51.5 Å². The normalized spacial score (nSPS) is 11.4. The highest BCUT2D eigenvalue weighted by Crippen LogP contribution is 2.27. The van der Waals surface area contributed by atoms with Crippen LogP contribution in [0.3, 0.4) is 0 Å². The lowest BCUT2D eigenvalue weighted by Crippen LogP contribution is -2.13. The van der Waals surface area contributed by atoms with Crippen LogP contribution < -0.4 is 5.32 Å². The fourth-order valence-electron chi connectivity index (χ4n) is 3.32. The van der Waals surface area contributed by atoms with Gasteiger partial charge in [0.15, 0.2) is 0 Å². The quantitative estimate of drug-likeness (QED) is 0.453. The van der Waals surface area contributed by atoms with Crippen molar-refractivity contribution in [2.45, 2.75) is 46.5 Å². The van der Waals surface area contributed by atoms with Crippen LogP contribution in [0.2, 0.25) is 0 Å². The van der Waals surface area contributed by atoms with Gasteiger partial charge in [0, 0.05) is 30.1 Å². The molecule has 3 aromatic rings. The third-order valence-corrected chi connectivity index (χ3v) is 5.44. The molecule has 0 aliphatic carbocycles. The van der Waals surface area contributed by atoms with Crippen molar-refractivity contribution in [1.82, 2.24) is 15.0 Å². The lowest BCUT2D eigenvalue weighted by atomic mass is 9.85. The molecular formula is C24H30N4O2. The van der Waals surface area contributed by atoms with E-state index in [0.29, 0.717) is 5.82 Å². The molecule has 0 unspecified atom stereocenters. The van der Waals surface area contributed by atoms with E-state index in [9.17, 15) is 4.79 Å². The lowest BCUT2D eigenvalue weighted by Gasteiger charge is -2.21. The molecule has 0 aliphatic heterocycles. The molecule has 0 atom stereocenters. The molecule has 0 radical (unpaired) electrons. The summed E-state index contributed by atoms with van der Waals surface area (Å²) in [6.45, 7) is 6.61. The molecule has 0 amide bonds. The Morgan fingerprint density at radius 1 is 1.13 bits per heavy atom. The van der Waals surface area contributed by atoms with E-state index in [0.717, 1.165) is 42.6 Å². The fraction of sp³-hybridized carbons (Fsp3) is 0.375. The molecule has 30 heavy (non-hydrogen) atoms. The van der Waals surface area contributed by atoms with Gasteiger partial charge in [0.25, 0.3) is 0 Å². The third-order valence-electron chi connectivity index (χ3n) is 5.44. The average Bonchev–Trinajstić information content (AvgIpc) is 3.18. The molecule has 0 aliphatic rings. The number of rotatable bonds is 10. The van der Waals surface area contributed by atoms with Crippen molar-refractivity contribution < 1.29 is 9.90 Å². The monoisotopic (exact) mass is 406 g/mol. The maximum absolute atomic E-state index is 10.8. The van der Waals surface area contributed by atoms with Crippen LogP contribution >= 0.6 is 0 Å². The minimum atomic E-state index is -0.915. The molecule has 0 spiro atoms. The predicted molar refractivity (Wildman–Crippen MR) is 120 cm³/mol. The van der Waals surface area contributed by atoms with Crippen LogP contribution in [0, 0.1) is 5.41 Å². The number of anilines is 1. The van der Waals surface area contributed by atoms with Crippen molar-refractivity contribution in [1.29, 1.82) is 0 Å². The van der Waals surface area contributed by atoms with Crippen LogP contribution in [0.5, 0.6) is 0 Å². The number of carboxylic acid groups (broad SMARTS) is 1. The standard InChI is InChI=1S/C24H30N4O2/c1-4-24(2,3)14-19-15-26-21(28-19)12-9-17-7-10-18(11-8-17)20-6-5-13-25-23(20)27-16-22(29)30/h5-8,10-11,13,15H,4,9,12,14,16H2,1-3H3,(H,25,27)(H,26,28)(H,29,30). The molecule has 0 bridgehead atoms. The SMILES string of the molecule is CCC(C)(C)Cc1cnc(CCc2ccc(-c3cccnc3NCC(=O)O)cc2)[nH]1. The zero-order chi connectivity index (χ0) is 21.6. The summed E-state index contributed by atoms with van der Waals surface area (Å²) in [7, 11) is 0. The van der Waals surface area contributed by atoms with Gasteiger partial charge in [-0.2, -0.15) is 0 Å². The first-order chi connectivity index (χ1) is 14.4. The molecule has 0 fully saturated rings. The van der Waals surface area contributed by atoms with E-state index in [2.05, 4.69) is 65.3 Å². The number of carbonyl (C=O) groups is 1. The average molecular weight is 407 g/mol. The minimum absolute atomic E-state index is 0.164. The van der Waals surface area contributed by atoms with Gasteiger partial charge >= 0.3 is 5.97 Å². The van der Waals surface area contributed by atoms with Crippen molar-refractivity contribution in [3.8, 4) is 11.1 Å². The number of hydrogen-bond donors (Lipinski definition) is 3. The Kier molecular flexibility index (Phi) is 6.87. The van der Waals surface area contributed by atoms with Gasteiger partial charge in [-0.25, -0.2) is 9.97 Å². The van der Waals surface area contributed by atoms with E-state index < -0.39 is 5.97 Å². The maximum Gasteiger partial charge on any atom is 0.322 e. The number of benzene rings is 1. The highest BCUT2D eigenvalue weighted by Gasteiger charge is 2.17. The number of hydrogen-bond acceptors (Lipinski definition) is 4. The number of aromatic nitrogens is 3. The van der Waals surface area contributed by atoms with E-state index in [4.69, 9.17) is 5.11 Å². The first-order valence-corrected chi connectivity index (χ1v) is 10.4. The Bertz CT molecular complexity index is 977. The number of carboxylic acids is 1. The first-order valence-electron chi connectivity index (χ1n) is 10.4. The number of nitrogens with zero attached hydrogens (tertiary/aromatic N) is 2. The Balaban J connectivity index is 1.62. The lowest BCUT2D eigenvalue weighted by molar-refractivity contribution is -0.134. The molecular weight excluding hydrogens is 376 g/mol. The van der Waals surface area contributed by atoms with Gasteiger partial charge < -0.3 is 15.4 Å². The van der Waals surface area contributed by atoms with Crippen LogP contribution in [0.4, 0.5) is 5.82 Å². The molecule has 1 aromatic carbocycles. The fourth-order valence-corrected chi connectivity index (χ4v) is 3.32. The molecule has 2 aromatic heterocycles. The smallest absolute Gasteiger partial charge is 0.322 e. The van der Waals surface area contributed by atoms with Crippen LogP contribution in [0.1, 0.15) is 44.3 Å². The maximum atomic E-state index is 10.8. The van der Waals surface area contributed by atoms with E-state index in [1.165, 1.54) is 11.3 Å². The summed E-state index contributed by atoms with van der Waals surface area (Å²) in [5.41, 5.74) is 4.60. The van der Waals surface area contributed by atoms with Gasteiger partial charge in [-0.05, 0) is 41.5 Å². The summed E-state index contributed by atoms with van der Waals surface area (Å²) in [6, 6.07) is 12.1. The molecule has 3 N–H and O–H groups in total. The van der Waals surface area contributed by atoms with Crippen molar-refractivity contribution in [2.24, 2.45) is 5.41 Å². The van der Waals surface area contributed by atoms with E-state index >= 15 is 0 Å². The number of imidazole rings is 1. The largest absolute Gasteiger partial charge is 0.480 e. The Morgan fingerprint density at radius 3 is 2.60 bits per heavy atom. The summed E-state index contributed by atoms with van der Waals surface area (Å²) >= 11 is 0. The van der Waals surface area contributed by atoms with Gasteiger partial charge in [0.1, 0.15) is 18.2 Å². The van der Waals surface area contributed by atoms with Gasteiger partial charge in [0.05, 0.1) is 0 Å². The number of H-pyrrole nitrogens is 1. The van der Waals surface area contributed by atoms with Crippen molar-refractivity contribution in [2.75, 3.05) is 11.9 Å². The van der Waals surface area contributed by atoms with Crippen molar-refractivity contribution >= 4 is 11.8 Å². The van der Waals surface area contributed by atoms with E-state index in [1.807, 2.05) is 18.3 Å². The van der Waals surface area contributed by atoms with Crippen LogP contribution in [-0.4, -0.2) is 32.6 Å². The Labute approximate surface area is 177 Å². The molecule has 6 heteroatoms. The second kappa shape index (κ2) is 9.57. The van der Waals surface area contributed by atoms with Crippen LogP contribution in [0.25, 0.3) is 11.1 Å². The number of nitrogens with one attached hydrogen (secondary N) is 2. The number of aryl methyl sites for hydroxylation is 2. The predicted octanol–water partition coefficient (Wildman–Crippen LogP) is 4.73. The minimum Gasteiger partial charge on any atom is -0.480 e. The zero-order valence-corrected chi connectivity index (χ0v) is 17.9. The van der Waals surface area contributed by atoms with E-state index in [-0.39, 0.29) is 12.0 Å². The highest BCUT2D eigenvalue weighted by molar-refractivity contribution is 5.79. The van der Waals surface area contributed by atoms with Gasteiger partial charge in [-0.15, -0.1) is 0 Å². The second-order valence-corrected chi connectivity index (χ2v) is 8.39. The second-order valence-electron chi connectivity index (χ2n) is 8.39. The number of aliphatic carboxylic acids is 1. The Hall–Kier alpha value is -3.15. The molecule has 0 saturated carbocycles. The van der Waals surface area contributed by atoms with Gasteiger partial charge in [0.2, 0.25) is 0 Å². The highest BCUT2D eigenvalue weighted by atomic mass is 16.4. The molecule has 2 heterocycles. The summed E-state index contributed by atoms with van der Waals surface area (Å²) in [4.78, 5) is 23.1. The third kappa shape index (κ3) is 5.92. The number of pyridine rings is 1. The summed E-state index contributed by atoms with van der Waals surface area (Å²) in [5, 5.41) is 11.8. The summed E-state index contributed by atoms with van der Waals surface area (Å²) < 4.78 is 0. The van der Waals surface area contributed by atoms with E-state index in [1.54, 1.807) is 6.20 Å². The topological polar surface area (TPSA) is 90.9 Å².